The van der Waals surface area contributed by atoms with Gasteiger partial charge < -0.3 is 29.0 Å². The first-order chi connectivity index (χ1) is 14.3. The Morgan fingerprint density at radius 2 is 1.48 bits per heavy atom. The van der Waals surface area contributed by atoms with Gasteiger partial charge in [0.15, 0.2) is 5.88 Å². The predicted molar refractivity (Wildman–Crippen MR) is 119 cm³/mol. The second kappa shape index (κ2) is 15.0. The lowest BCUT2D eigenvalue weighted by Crippen LogP contribution is -2.37. The Labute approximate surface area is 187 Å². The number of likely N-dealkylation sites (N-methyl/N-ethyl adjacent to an activating group) is 1. The Morgan fingerprint density at radius 3 is 2.06 bits per heavy atom. The molecule has 0 aromatic heterocycles. The Bertz CT molecular complexity index is 539. The van der Waals surface area contributed by atoms with Crippen molar-refractivity contribution < 1.29 is 33.3 Å². The fourth-order valence-corrected chi connectivity index (χ4v) is 2.28. The maximum absolute atomic E-state index is 11.9. The number of rotatable bonds is 16. The van der Waals surface area contributed by atoms with Crippen molar-refractivity contribution in [3.63, 3.8) is 0 Å². The lowest BCUT2D eigenvalue weighted by Gasteiger charge is -2.23. The fourth-order valence-electron chi connectivity index (χ4n) is 2.28. The van der Waals surface area contributed by atoms with Gasteiger partial charge in [0.1, 0.15) is 24.4 Å². The minimum absolute atomic E-state index is 0.143. The van der Waals surface area contributed by atoms with Crippen molar-refractivity contribution in [2.45, 2.75) is 59.7 Å². The number of hydrogen-bond acceptors (Lipinski definition) is 9. The summed E-state index contributed by atoms with van der Waals surface area (Å²) in [6.07, 6.45) is 0. The lowest BCUT2D eigenvalue weighted by atomic mass is 10.2. The highest BCUT2D eigenvalue weighted by atomic mass is 16.6. The molecule has 0 rings (SSSR count). The molecule has 0 atom stereocenters. The van der Waals surface area contributed by atoms with Crippen LogP contribution in [0.5, 0.6) is 0 Å². The maximum atomic E-state index is 11.9. The third-order valence-corrected chi connectivity index (χ3v) is 3.48. The van der Waals surface area contributed by atoms with Crippen LogP contribution in [0.4, 0.5) is 0 Å². The molecule has 0 aromatic carbocycles. The zero-order valence-electron chi connectivity index (χ0n) is 20.4. The molecule has 0 aromatic rings. The number of carbonyl (C=O) groups excluding carboxylic acids is 2. The van der Waals surface area contributed by atoms with Gasteiger partial charge in [0.25, 0.3) is 0 Å². The van der Waals surface area contributed by atoms with Crippen molar-refractivity contribution in [3.8, 4) is 0 Å². The Morgan fingerprint density at radius 1 is 0.871 bits per heavy atom. The Kier molecular flexibility index (Phi) is 14.2. The van der Waals surface area contributed by atoms with Gasteiger partial charge in [-0.05, 0) is 54.7 Å². The monoisotopic (exact) mass is 446 g/mol. The molecular formula is C22H42N2O7. The minimum atomic E-state index is -0.518. The quantitative estimate of drug-likeness (QED) is 0.217. The molecule has 0 aliphatic carbocycles. The smallest absolute Gasteiger partial charge is 0.332 e. The normalized spacial score (nSPS) is 11.9. The minimum Gasteiger partial charge on any atom is -0.474 e. The van der Waals surface area contributed by atoms with Crippen LogP contribution in [0.3, 0.4) is 0 Å². The third kappa shape index (κ3) is 19.8. The number of hydrogen-bond donors (Lipinski definition) is 1. The Balaban J connectivity index is 3.71. The van der Waals surface area contributed by atoms with Gasteiger partial charge in [-0.25, -0.2) is 4.79 Å². The zero-order chi connectivity index (χ0) is 23.9. The van der Waals surface area contributed by atoms with Crippen LogP contribution in [-0.2, 0) is 33.3 Å². The van der Waals surface area contributed by atoms with Gasteiger partial charge in [-0.3, -0.25) is 9.69 Å². The average Bonchev–Trinajstić information content (AvgIpc) is 2.59. The van der Waals surface area contributed by atoms with Crippen LogP contribution in [-0.4, -0.2) is 87.3 Å². The van der Waals surface area contributed by atoms with E-state index in [9.17, 15) is 9.59 Å². The molecule has 0 saturated heterocycles. The molecule has 0 heterocycles. The van der Waals surface area contributed by atoms with E-state index in [1.54, 1.807) is 0 Å². The molecule has 182 valence electrons. The lowest BCUT2D eigenvalue weighted by molar-refractivity contribution is -0.156. The number of nitrogens with one attached hydrogen (secondary N) is 1. The van der Waals surface area contributed by atoms with Crippen LogP contribution in [0, 0.1) is 0 Å². The van der Waals surface area contributed by atoms with E-state index < -0.39 is 11.6 Å². The van der Waals surface area contributed by atoms with Crippen molar-refractivity contribution in [3.05, 3.63) is 12.5 Å². The van der Waals surface area contributed by atoms with Crippen molar-refractivity contribution in [1.29, 1.82) is 0 Å². The summed E-state index contributed by atoms with van der Waals surface area (Å²) in [5, 5.41) is 3.02. The molecule has 9 nitrogen and oxygen atoms in total. The predicted octanol–water partition coefficient (Wildman–Crippen LogP) is 2.10. The molecule has 0 radical (unpaired) electrons. The number of carbonyl (C=O) groups is 2. The standard InChI is InChI=1S/C22H42N2O7/c1-9-24(16-19(25)31-22(6,7)8)11-13-29-20(26)17-28-15-14-27-12-10-23-18(2)30-21(3,4)5/h23H,2,9-17H2,1,3-8H3. The van der Waals surface area contributed by atoms with E-state index in [4.69, 9.17) is 23.7 Å². The van der Waals surface area contributed by atoms with E-state index in [0.717, 1.165) is 0 Å². The molecule has 0 fully saturated rings. The van der Waals surface area contributed by atoms with Gasteiger partial charge in [0, 0.05) is 13.1 Å². The highest BCUT2D eigenvalue weighted by Crippen LogP contribution is 2.10. The van der Waals surface area contributed by atoms with Crippen LogP contribution in [0.15, 0.2) is 12.5 Å². The van der Waals surface area contributed by atoms with E-state index in [0.29, 0.717) is 38.7 Å². The van der Waals surface area contributed by atoms with Crippen molar-refractivity contribution >= 4 is 11.9 Å². The summed E-state index contributed by atoms with van der Waals surface area (Å²) in [4.78, 5) is 25.4. The molecule has 0 amide bonds. The summed E-state index contributed by atoms with van der Waals surface area (Å²) < 4.78 is 26.6. The maximum Gasteiger partial charge on any atom is 0.332 e. The molecule has 0 bridgehead atoms. The van der Waals surface area contributed by atoms with E-state index in [-0.39, 0.29) is 37.9 Å². The molecule has 0 spiro atoms. The van der Waals surface area contributed by atoms with Crippen molar-refractivity contribution in [2.24, 2.45) is 0 Å². The van der Waals surface area contributed by atoms with Gasteiger partial charge >= 0.3 is 11.9 Å². The van der Waals surface area contributed by atoms with Gasteiger partial charge in [0.05, 0.1) is 26.4 Å². The van der Waals surface area contributed by atoms with Crippen molar-refractivity contribution in [2.75, 3.05) is 59.2 Å². The second-order valence-corrected chi connectivity index (χ2v) is 8.91. The largest absolute Gasteiger partial charge is 0.474 e. The fraction of sp³-hybridized carbons (Fsp3) is 0.818. The van der Waals surface area contributed by atoms with Gasteiger partial charge in [0.2, 0.25) is 0 Å². The Hall–Kier alpha value is -1.84. The van der Waals surface area contributed by atoms with E-state index >= 15 is 0 Å². The average molecular weight is 447 g/mol. The second-order valence-electron chi connectivity index (χ2n) is 8.91. The van der Waals surface area contributed by atoms with Gasteiger partial charge in [-0.15, -0.1) is 0 Å². The molecule has 31 heavy (non-hydrogen) atoms. The first kappa shape index (κ1) is 29.2. The van der Waals surface area contributed by atoms with E-state index in [1.165, 1.54) is 0 Å². The molecular weight excluding hydrogens is 404 g/mol. The van der Waals surface area contributed by atoms with Crippen LogP contribution < -0.4 is 5.32 Å². The van der Waals surface area contributed by atoms with Crippen LogP contribution in [0.25, 0.3) is 0 Å². The molecule has 9 heteroatoms. The molecule has 0 unspecified atom stereocenters. The van der Waals surface area contributed by atoms with Crippen molar-refractivity contribution in [1.82, 2.24) is 10.2 Å². The summed E-state index contributed by atoms with van der Waals surface area (Å²) in [6.45, 7) is 20.0. The molecule has 0 aliphatic rings. The van der Waals surface area contributed by atoms with Crippen LogP contribution >= 0.6 is 0 Å². The first-order valence-electron chi connectivity index (χ1n) is 10.7. The number of ether oxygens (including phenoxy) is 5. The molecule has 1 N–H and O–H groups in total. The van der Waals surface area contributed by atoms with Crippen LogP contribution in [0.1, 0.15) is 48.5 Å². The zero-order valence-corrected chi connectivity index (χ0v) is 20.4. The number of nitrogens with zero attached hydrogens (tertiary/aromatic N) is 1. The number of esters is 2. The van der Waals surface area contributed by atoms with E-state index in [1.807, 2.05) is 53.4 Å². The first-order valence-corrected chi connectivity index (χ1v) is 10.7. The van der Waals surface area contributed by atoms with Gasteiger partial charge in [-0.1, -0.05) is 6.92 Å². The van der Waals surface area contributed by atoms with Gasteiger partial charge in [-0.2, -0.15) is 0 Å². The molecule has 0 aliphatic heterocycles. The summed E-state index contributed by atoms with van der Waals surface area (Å²) in [5.41, 5.74) is -0.809. The highest BCUT2D eigenvalue weighted by molar-refractivity contribution is 5.72. The summed E-state index contributed by atoms with van der Waals surface area (Å²) in [6, 6.07) is 0. The highest BCUT2D eigenvalue weighted by Gasteiger charge is 2.18. The summed E-state index contributed by atoms with van der Waals surface area (Å²) in [5.74, 6) is -0.251. The topological polar surface area (TPSA) is 95.6 Å². The SMILES string of the molecule is C=C(NCCOCCOCC(=O)OCCN(CC)CC(=O)OC(C)(C)C)OC(C)(C)C. The summed E-state index contributed by atoms with van der Waals surface area (Å²) >= 11 is 0. The van der Waals surface area contributed by atoms with Crippen LogP contribution in [0.2, 0.25) is 0 Å². The third-order valence-electron chi connectivity index (χ3n) is 3.48. The molecule has 0 saturated carbocycles. The summed E-state index contributed by atoms with van der Waals surface area (Å²) in [7, 11) is 0. The van der Waals surface area contributed by atoms with E-state index in [2.05, 4.69) is 11.9 Å².